The Morgan fingerprint density at radius 3 is 2.63 bits per heavy atom. The number of aromatic amines is 1. The van der Waals surface area contributed by atoms with E-state index in [4.69, 9.17) is 0 Å². The minimum Gasteiger partial charge on any atom is -0.317 e. The minimum absolute atomic E-state index is 0.633. The van der Waals surface area contributed by atoms with Gasteiger partial charge in [-0.15, -0.1) is 0 Å². The first kappa shape index (κ1) is 12.4. The summed E-state index contributed by atoms with van der Waals surface area (Å²) >= 11 is 0. The van der Waals surface area contributed by atoms with Crippen molar-refractivity contribution in [3.8, 4) is 11.3 Å². The van der Waals surface area contributed by atoms with Crippen molar-refractivity contribution in [3.05, 3.63) is 41.1 Å². The van der Waals surface area contributed by atoms with Gasteiger partial charge in [0.25, 0.3) is 0 Å². The van der Waals surface area contributed by atoms with Crippen LogP contribution >= 0.6 is 0 Å². The van der Waals surface area contributed by atoms with Gasteiger partial charge < -0.3 is 5.32 Å². The summed E-state index contributed by atoms with van der Waals surface area (Å²) in [5.41, 5.74) is 6.20. The molecule has 0 bridgehead atoms. The molecule has 1 saturated heterocycles. The van der Waals surface area contributed by atoms with Gasteiger partial charge in [-0.3, -0.25) is 5.10 Å². The number of nitrogens with zero attached hydrogens (tertiary/aromatic N) is 1. The zero-order valence-corrected chi connectivity index (χ0v) is 11.7. The van der Waals surface area contributed by atoms with Gasteiger partial charge >= 0.3 is 0 Å². The molecule has 1 fully saturated rings. The third-order valence-corrected chi connectivity index (χ3v) is 4.03. The number of aryl methyl sites for hydroxylation is 2. The van der Waals surface area contributed by atoms with Crippen LogP contribution in [-0.4, -0.2) is 23.3 Å². The van der Waals surface area contributed by atoms with Crippen LogP contribution < -0.4 is 5.32 Å². The summed E-state index contributed by atoms with van der Waals surface area (Å²) in [4.78, 5) is 0. The summed E-state index contributed by atoms with van der Waals surface area (Å²) in [5.74, 6) is 0.633. The van der Waals surface area contributed by atoms with Crippen molar-refractivity contribution in [1.29, 1.82) is 0 Å². The van der Waals surface area contributed by atoms with Crippen LogP contribution in [0.15, 0.2) is 24.3 Å². The number of hydrogen-bond acceptors (Lipinski definition) is 2. The zero-order valence-electron chi connectivity index (χ0n) is 11.7. The predicted octanol–water partition coefficient (Wildman–Crippen LogP) is 3.16. The molecule has 0 radical (unpaired) electrons. The maximum absolute atomic E-state index is 4.51. The van der Waals surface area contributed by atoms with Crippen LogP contribution in [0.3, 0.4) is 0 Å². The maximum atomic E-state index is 4.51. The fourth-order valence-electron chi connectivity index (χ4n) is 2.92. The Bertz CT molecular complexity index is 565. The van der Waals surface area contributed by atoms with Crippen LogP contribution in [0.1, 0.15) is 35.6 Å². The van der Waals surface area contributed by atoms with Crippen LogP contribution in [0.5, 0.6) is 0 Å². The van der Waals surface area contributed by atoms with Gasteiger partial charge in [0.15, 0.2) is 0 Å². The van der Waals surface area contributed by atoms with Gasteiger partial charge in [0, 0.05) is 17.2 Å². The summed E-state index contributed by atoms with van der Waals surface area (Å²) in [7, 11) is 0. The molecule has 2 heterocycles. The lowest BCUT2D eigenvalue weighted by atomic mass is 9.94. The summed E-state index contributed by atoms with van der Waals surface area (Å²) in [5, 5.41) is 11.1. The van der Waals surface area contributed by atoms with Crippen LogP contribution in [0.25, 0.3) is 11.3 Å². The number of piperidine rings is 1. The Balaban J connectivity index is 1.87. The number of H-pyrrole nitrogens is 1. The Labute approximate surface area is 114 Å². The van der Waals surface area contributed by atoms with Crippen LogP contribution in [0.4, 0.5) is 0 Å². The molecule has 1 aliphatic heterocycles. The highest BCUT2D eigenvalue weighted by Gasteiger charge is 2.18. The van der Waals surface area contributed by atoms with E-state index in [-0.39, 0.29) is 0 Å². The van der Waals surface area contributed by atoms with E-state index in [0.29, 0.717) is 5.92 Å². The molecule has 0 amide bonds. The van der Waals surface area contributed by atoms with Gasteiger partial charge in [-0.1, -0.05) is 23.8 Å². The van der Waals surface area contributed by atoms with E-state index in [9.17, 15) is 0 Å². The van der Waals surface area contributed by atoms with Crippen molar-refractivity contribution in [2.45, 2.75) is 32.6 Å². The second-order valence-corrected chi connectivity index (χ2v) is 5.55. The third kappa shape index (κ3) is 2.56. The molecule has 0 spiro atoms. The molecule has 1 aliphatic rings. The quantitative estimate of drug-likeness (QED) is 0.865. The van der Waals surface area contributed by atoms with Crippen LogP contribution in [0.2, 0.25) is 0 Å². The van der Waals surface area contributed by atoms with E-state index in [1.165, 1.54) is 35.2 Å². The molecular formula is C16H21N3. The van der Waals surface area contributed by atoms with Gasteiger partial charge in [-0.25, -0.2) is 0 Å². The smallest absolute Gasteiger partial charge is 0.0926 e. The summed E-state index contributed by atoms with van der Waals surface area (Å²) in [6.07, 6.45) is 2.41. The molecule has 0 aliphatic carbocycles. The van der Waals surface area contributed by atoms with Crippen molar-refractivity contribution in [2.24, 2.45) is 0 Å². The highest BCUT2D eigenvalue weighted by atomic mass is 15.1. The second kappa shape index (κ2) is 5.17. The molecule has 0 atom stereocenters. The molecule has 2 aromatic rings. The fourth-order valence-corrected chi connectivity index (χ4v) is 2.92. The Kier molecular flexibility index (Phi) is 3.38. The number of rotatable bonds is 2. The monoisotopic (exact) mass is 255 g/mol. The third-order valence-electron chi connectivity index (χ3n) is 4.03. The number of benzene rings is 1. The first-order valence-electron chi connectivity index (χ1n) is 7.07. The zero-order chi connectivity index (χ0) is 13.2. The number of nitrogens with one attached hydrogen (secondary N) is 2. The molecule has 3 rings (SSSR count). The molecule has 19 heavy (non-hydrogen) atoms. The highest BCUT2D eigenvalue weighted by molar-refractivity contribution is 5.64. The van der Waals surface area contributed by atoms with Crippen molar-refractivity contribution >= 4 is 0 Å². The standard InChI is InChI=1S/C16H21N3/c1-11-3-4-14(12(2)9-11)16-10-15(18-19-16)13-5-7-17-8-6-13/h3-4,9-10,13,17H,5-8H2,1-2H3,(H,18,19). The van der Waals surface area contributed by atoms with E-state index in [0.717, 1.165) is 18.8 Å². The summed E-state index contributed by atoms with van der Waals surface area (Å²) < 4.78 is 0. The molecule has 3 nitrogen and oxygen atoms in total. The van der Waals surface area contributed by atoms with Gasteiger partial charge in [0.1, 0.15) is 0 Å². The lowest BCUT2D eigenvalue weighted by Crippen LogP contribution is -2.26. The lowest BCUT2D eigenvalue weighted by Gasteiger charge is -2.20. The van der Waals surface area contributed by atoms with Crippen molar-refractivity contribution < 1.29 is 0 Å². The lowest BCUT2D eigenvalue weighted by molar-refractivity contribution is 0.453. The molecular weight excluding hydrogens is 234 g/mol. The average Bonchev–Trinajstić information content (AvgIpc) is 2.89. The maximum Gasteiger partial charge on any atom is 0.0926 e. The van der Waals surface area contributed by atoms with E-state index in [1.807, 2.05) is 0 Å². The molecule has 0 saturated carbocycles. The van der Waals surface area contributed by atoms with Crippen molar-refractivity contribution in [1.82, 2.24) is 15.5 Å². The summed E-state index contributed by atoms with van der Waals surface area (Å²) in [6.45, 7) is 6.51. The van der Waals surface area contributed by atoms with E-state index in [2.05, 4.69) is 53.6 Å². The molecule has 2 N–H and O–H groups in total. The largest absolute Gasteiger partial charge is 0.317 e. The van der Waals surface area contributed by atoms with Crippen LogP contribution in [-0.2, 0) is 0 Å². The SMILES string of the molecule is Cc1ccc(-c2cc(C3CCNCC3)[nH]n2)c(C)c1. The Hall–Kier alpha value is -1.61. The van der Waals surface area contributed by atoms with Gasteiger partial charge in [0.2, 0.25) is 0 Å². The number of hydrogen-bond donors (Lipinski definition) is 2. The Morgan fingerprint density at radius 1 is 1.11 bits per heavy atom. The van der Waals surface area contributed by atoms with Crippen LogP contribution in [0, 0.1) is 13.8 Å². The van der Waals surface area contributed by atoms with Crippen molar-refractivity contribution in [2.75, 3.05) is 13.1 Å². The predicted molar refractivity (Wildman–Crippen MR) is 78.3 cm³/mol. The second-order valence-electron chi connectivity index (χ2n) is 5.55. The average molecular weight is 255 g/mol. The van der Waals surface area contributed by atoms with E-state index in [1.54, 1.807) is 0 Å². The van der Waals surface area contributed by atoms with E-state index >= 15 is 0 Å². The van der Waals surface area contributed by atoms with Crippen molar-refractivity contribution in [3.63, 3.8) is 0 Å². The summed E-state index contributed by atoms with van der Waals surface area (Å²) in [6, 6.07) is 8.77. The molecule has 3 heteroatoms. The van der Waals surface area contributed by atoms with E-state index < -0.39 is 0 Å². The fraction of sp³-hybridized carbons (Fsp3) is 0.438. The molecule has 1 aromatic carbocycles. The molecule has 0 unspecified atom stereocenters. The molecule has 100 valence electrons. The van der Waals surface area contributed by atoms with Gasteiger partial charge in [-0.05, 0) is 51.4 Å². The van der Waals surface area contributed by atoms with Gasteiger partial charge in [0.05, 0.1) is 5.69 Å². The van der Waals surface area contributed by atoms with Gasteiger partial charge in [-0.2, -0.15) is 5.10 Å². The first-order chi connectivity index (χ1) is 9.24. The normalized spacial score (nSPS) is 16.7. The Morgan fingerprint density at radius 2 is 1.89 bits per heavy atom. The first-order valence-corrected chi connectivity index (χ1v) is 7.07. The molecule has 1 aromatic heterocycles. The topological polar surface area (TPSA) is 40.7 Å². The minimum atomic E-state index is 0.633. The highest BCUT2D eigenvalue weighted by Crippen LogP contribution is 2.28. The number of aromatic nitrogens is 2.